The molecule has 0 radical (unpaired) electrons. The minimum atomic E-state index is 0.404. The molecule has 0 aliphatic heterocycles. The third kappa shape index (κ3) is 3.11. The normalized spacial score (nSPS) is 10.6. The van der Waals surface area contributed by atoms with Gasteiger partial charge in [0.1, 0.15) is 12.4 Å². The molecule has 0 saturated heterocycles. The van der Waals surface area contributed by atoms with Crippen LogP contribution < -0.4 is 10.1 Å². The maximum absolute atomic E-state index is 5.74. The molecule has 96 valence electrons. The minimum Gasteiger partial charge on any atom is -0.485 e. The van der Waals surface area contributed by atoms with Gasteiger partial charge in [0.15, 0.2) is 5.76 Å². The number of hydrogen-bond donors (Lipinski definition) is 1. The molecule has 0 unspecified atom stereocenters. The molecule has 0 amide bonds. The first-order valence-electron chi connectivity index (χ1n) is 5.98. The second-order valence-corrected chi connectivity index (χ2v) is 4.37. The summed E-state index contributed by atoms with van der Waals surface area (Å²) in [6, 6.07) is 8.06. The largest absolute Gasteiger partial charge is 0.485 e. The Hall–Kier alpha value is -1.81. The Morgan fingerprint density at radius 1 is 1.28 bits per heavy atom. The monoisotopic (exact) mass is 246 g/mol. The van der Waals surface area contributed by atoms with E-state index in [1.807, 2.05) is 33.0 Å². The van der Waals surface area contributed by atoms with Crippen molar-refractivity contribution in [1.29, 1.82) is 0 Å². The molecule has 0 fully saturated rings. The Bertz CT molecular complexity index is 520. The zero-order valence-corrected chi connectivity index (χ0v) is 11.0. The maximum atomic E-state index is 5.74. The Morgan fingerprint density at radius 2 is 2.11 bits per heavy atom. The van der Waals surface area contributed by atoms with Crippen LogP contribution in [-0.2, 0) is 13.2 Å². The highest BCUT2D eigenvalue weighted by Gasteiger charge is 2.06. The molecule has 0 saturated carbocycles. The molecule has 0 aliphatic carbocycles. The molecule has 0 atom stereocenters. The molecule has 18 heavy (non-hydrogen) atoms. The van der Waals surface area contributed by atoms with E-state index in [9.17, 15) is 0 Å². The van der Waals surface area contributed by atoms with Crippen molar-refractivity contribution in [3.63, 3.8) is 0 Å². The van der Waals surface area contributed by atoms with Gasteiger partial charge in [-0.05, 0) is 38.1 Å². The van der Waals surface area contributed by atoms with Gasteiger partial charge in [-0.3, -0.25) is 0 Å². The molecule has 1 aromatic heterocycles. The van der Waals surface area contributed by atoms with E-state index in [4.69, 9.17) is 9.26 Å². The molecular weight excluding hydrogens is 228 g/mol. The van der Waals surface area contributed by atoms with Crippen LogP contribution in [-0.4, -0.2) is 12.2 Å². The lowest BCUT2D eigenvalue weighted by molar-refractivity contribution is 0.247. The quantitative estimate of drug-likeness (QED) is 0.881. The summed E-state index contributed by atoms with van der Waals surface area (Å²) in [7, 11) is 1.88. The van der Waals surface area contributed by atoms with Crippen LogP contribution in [0.15, 0.2) is 28.8 Å². The van der Waals surface area contributed by atoms with Crippen LogP contribution in [0.2, 0.25) is 0 Å². The van der Waals surface area contributed by atoms with Crippen molar-refractivity contribution in [3.8, 4) is 5.75 Å². The standard InChI is InChI=1S/C14H18N2O2/c1-10-4-5-11(2)14(6-10)17-9-13-7-12(8-15-3)16-18-13/h4-7,15H,8-9H2,1-3H3. The van der Waals surface area contributed by atoms with Gasteiger partial charge in [-0.2, -0.15) is 0 Å². The fourth-order valence-corrected chi connectivity index (χ4v) is 1.70. The van der Waals surface area contributed by atoms with Crippen LogP contribution in [0.1, 0.15) is 22.6 Å². The molecular formula is C14H18N2O2. The van der Waals surface area contributed by atoms with Gasteiger partial charge in [-0.1, -0.05) is 17.3 Å². The van der Waals surface area contributed by atoms with Gasteiger partial charge in [0, 0.05) is 12.6 Å². The molecule has 2 rings (SSSR count). The first-order valence-corrected chi connectivity index (χ1v) is 5.98. The van der Waals surface area contributed by atoms with Crippen LogP contribution in [0.4, 0.5) is 0 Å². The molecule has 0 aliphatic rings. The van der Waals surface area contributed by atoms with Gasteiger partial charge in [0.05, 0.1) is 5.69 Å². The van der Waals surface area contributed by atoms with E-state index >= 15 is 0 Å². The van der Waals surface area contributed by atoms with Gasteiger partial charge in [-0.25, -0.2) is 0 Å². The molecule has 4 nitrogen and oxygen atoms in total. The summed E-state index contributed by atoms with van der Waals surface area (Å²) in [4.78, 5) is 0. The van der Waals surface area contributed by atoms with E-state index in [1.165, 1.54) is 5.56 Å². The zero-order valence-electron chi connectivity index (χ0n) is 11.0. The summed E-state index contributed by atoms with van der Waals surface area (Å²) in [6.45, 7) is 5.18. The Kier molecular flexibility index (Phi) is 3.99. The summed E-state index contributed by atoms with van der Waals surface area (Å²) >= 11 is 0. The number of hydrogen-bond acceptors (Lipinski definition) is 4. The lowest BCUT2D eigenvalue weighted by Crippen LogP contribution is -2.04. The maximum Gasteiger partial charge on any atom is 0.174 e. The fourth-order valence-electron chi connectivity index (χ4n) is 1.70. The van der Waals surface area contributed by atoms with Gasteiger partial charge in [-0.15, -0.1) is 0 Å². The Morgan fingerprint density at radius 3 is 2.89 bits per heavy atom. The fraction of sp³-hybridized carbons (Fsp3) is 0.357. The second kappa shape index (κ2) is 5.69. The molecule has 0 spiro atoms. The van der Waals surface area contributed by atoms with Crippen molar-refractivity contribution in [2.45, 2.75) is 27.0 Å². The average molecular weight is 246 g/mol. The molecule has 2 aromatic rings. The lowest BCUT2D eigenvalue weighted by atomic mass is 10.1. The summed E-state index contributed by atoms with van der Waals surface area (Å²) in [5, 5.41) is 6.97. The Balaban J connectivity index is 1.99. The third-order valence-electron chi connectivity index (χ3n) is 2.68. The van der Waals surface area contributed by atoms with Crippen molar-refractivity contribution in [2.75, 3.05) is 7.05 Å². The van der Waals surface area contributed by atoms with Crippen LogP contribution in [0.25, 0.3) is 0 Å². The van der Waals surface area contributed by atoms with Crippen molar-refractivity contribution in [2.24, 2.45) is 0 Å². The van der Waals surface area contributed by atoms with E-state index in [0.717, 1.165) is 22.8 Å². The first-order chi connectivity index (χ1) is 8.69. The van der Waals surface area contributed by atoms with Gasteiger partial charge >= 0.3 is 0 Å². The predicted molar refractivity (Wildman–Crippen MR) is 69.5 cm³/mol. The Labute approximate surface area is 107 Å². The number of benzene rings is 1. The SMILES string of the molecule is CNCc1cc(COc2cc(C)ccc2C)on1. The highest BCUT2D eigenvalue weighted by Crippen LogP contribution is 2.20. The average Bonchev–Trinajstić information content (AvgIpc) is 2.79. The van der Waals surface area contributed by atoms with E-state index < -0.39 is 0 Å². The van der Waals surface area contributed by atoms with Crippen LogP contribution in [0.3, 0.4) is 0 Å². The lowest BCUT2D eigenvalue weighted by Gasteiger charge is -2.07. The molecule has 1 aromatic carbocycles. The molecule has 1 heterocycles. The van der Waals surface area contributed by atoms with Crippen molar-refractivity contribution < 1.29 is 9.26 Å². The van der Waals surface area contributed by atoms with Gasteiger partial charge in [0.2, 0.25) is 0 Å². The zero-order chi connectivity index (χ0) is 13.0. The van der Waals surface area contributed by atoms with E-state index in [0.29, 0.717) is 13.2 Å². The molecule has 0 bridgehead atoms. The van der Waals surface area contributed by atoms with Crippen LogP contribution in [0, 0.1) is 13.8 Å². The topological polar surface area (TPSA) is 47.3 Å². The number of aryl methyl sites for hydroxylation is 2. The smallest absolute Gasteiger partial charge is 0.174 e. The van der Waals surface area contributed by atoms with Crippen molar-refractivity contribution >= 4 is 0 Å². The van der Waals surface area contributed by atoms with E-state index in [-0.39, 0.29) is 0 Å². The highest BCUT2D eigenvalue weighted by molar-refractivity contribution is 5.36. The van der Waals surface area contributed by atoms with E-state index in [2.05, 4.69) is 22.6 Å². The van der Waals surface area contributed by atoms with Crippen molar-refractivity contribution in [3.05, 3.63) is 46.8 Å². The summed E-state index contributed by atoms with van der Waals surface area (Å²) in [5.74, 6) is 1.63. The number of nitrogens with zero attached hydrogens (tertiary/aromatic N) is 1. The third-order valence-corrected chi connectivity index (χ3v) is 2.68. The second-order valence-electron chi connectivity index (χ2n) is 4.37. The summed E-state index contributed by atoms with van der Waals surface area (Å²) in [6.07, 6.45) is 0. The van der Waals surface area contributed by atoms with Crippen molar-refractivity contribution in [1.82, 2.24) is 10.5 Å². The van der Waals surface area contributed by atoms with Crippen LogP contribution in [0.5, 0.6) is 5.75 Å². The van der Waals surface area contributed by atoms with E-state index in [1.54, 1.807) is 0 Å². The highest BCUT2D eigenvalue weighted by atomic mass is 16.5. The van der Waals surface area contributed by atoms with Gasteiger partial charge in [0.25, 0.3) is 0 Å². The molecule has 4 heteroatoms. The predicted octanol–water partition coefficient (Wildman–Crippen LogP) is 2.59. The number of nitrogens with one attached hydrogen (secondary N) is 1. The van der Waals surface area contributed by atoms with Crippen LogP contribution >= 0.6 is 0 Å². The summed E-state index contributed by atoms with van der Waals surface area (Å²) < 4.78 is 10.9. The van der Waals surface area contributed by atoms with Gasteiger partial charge < -0.3 is 14.6 Å². The number of ether oxygens (including phenoxy) is 1. The minimum absolute atomic E-state index is 0.404. The first kappa shape index (κ1) is 12.6. The summed E-state index contributed by atoms with van der Waals surface area (Å²) in [5.41, 5.74) is 3.19. The number of rotatable bonds is 5. The number of aromatic nitrogens is 1. The molecule has 1 N–H and O–H groups in total.